The Labute approximate surface area is 172 Å². The lowest BCUT2D eigenvalue weighted by Crippen LogP contribution is -2.00. The molecule has 0 bridgehead atoms. The van der Waals surface area contributed by atoms with Gasteiger partial charge in [-0.15, -0.1) is 6.58 Å². The predicted molar refractivity (Wildman–Crippen MR) is 112 cm³/mol. The van der Waals surface area contributed by atoms with Gasteiger partial charge in [0, 0.05) is 47.0 Å². The van der Waals surface area contributed by atoms with Gasteiger partial charge in [0.25, 0.3) is 0 Å². The summed E-state index contributed by atoms with van der Waals surface area (Å²) in [5, 5.41) is 0.802. The van der Waals surface area contributed by atoms with Gasteiger partial charge in [0.1, 0.15) is 11.6 Å². The minimum atomic E-state index is -0.650. The van der Waals surface area contributed by atoms with E-state index in [0.717, 1.165) is 29.1 Å². The van der Waals surface area contributed by atoms with E-state index in [1.54, 1.807) is 18.5 Å². The number of fused-ring (bicyclic) bond motifs is 1. The molecular formula is C24H17F2N3O. The molecule has 2 aromatic heterocycles. The molecule has 0 aliphatic carbocycles. The van der Waals surface area contributed by atoms with Crippen LogP contribution in [0.15, 0.2) is 67.5 Å². The largest absolute Gasteiger partial charge is 0.455 e. The number of aromatic nitrogens is 2. The quantitative estimate of drug-likeness (QED) is 0.296. The second-order valence-corrected chi connectivity index (χ2v) is 6.76. The van der Waals surface area contributed by atoms with Gasteiger partial charge in [-0.3, -0.25) is 4.98 Å². The highest BCUT2D eigenvalue weighted by molar-refractivity contribution is 5.86. The number of allylic oxidation sites excluding steroid dienone is 1. The van der Waals surface area contributed by atoms with Crippen molar-refractivity contribution >= 4 is 16.6 Å². The van der Waals surface area contributed by atoms with Crippen LogP contribution in [-0.2, 0) is 12.8 Å². The molecule has 2 aromatic carbocycles. The van der Waals surface area contributed by atoms with E-state index < -0.39 is 11.6 Å². The van der Waals surface area contributed by atoms with Gasteiger partial charge in [0.15, 0.2) is 11.6 Å². The first-order chi connectivity index (χ1) is 14.6. The molecule has 0 saturated heterocycles. The molecule has 0 unspecified atom stereocenters. The topological polar surface area (TPSA) is 42.3 Å². The highest BCUT2D eigenvalue weighted by Crippen LogP contribution is 2.36. The SMILES string of the molecule is [C-]#[N+]c1cc(Oc2c(F)cc3[nH]ccc3c2Cc2ccc(CC=C)cn2)ccc1F. The third kappa shape index (κ3) is 3.78. The number of nitrogens with one attached hydrogen (secondary N) is 1. The maximum Gasteiger partial charge on any atom is 0.225 e. The van der Waals surface area contributed by atoms with E-state index in [2.05, 4.69) is 21.4 Å². The average molecular weight is 401 g/mol. The van der Waals surface area contributed by atoms with Gasteiger partial charge in [-0.1, -0.05) is 12.1 Å². The van der Waals surface area contributed by atoms with E-state index >= 15 is 0 Å². The minimum Gasteiger partial charge on any atom is -0.455 e. The van der Waals surface area contributed by atoms with Crippen LogP contribution < -0.4 is 4.74 Å². The first-order valence-electron chi connectivity index (χ1n) is 9.27. The van der Waals surface area contributed by atoms with Crippen molar-refractivity contribution in [1.29, 1.82) is 0 Å². The van der Waals surface area contributed by atoms with Gasteiger partial charge < -0.3 is 9.72 Å². The van der Waals surface area contributed by atoms with Crippen molar-refractivity contribution in [3.63, 3.8) is 0 Å². The minimum absolute atomic E-state index is 0.0293. The lowest BCUT2D eigenvalue weighted by molar-refractivity contribution is 0.438. The molecule has 0 aliphatic heterocycles. The third-order valence-corrected chi connectivity index (χ3v) is 4.75. The molecule has 4 aromatic rings. The Kier molecular flexibility index (Phi) is 5.27. The maximum absolute atomic E-state index is 15.0. The van der Waals surface area contributed by atoms with Gasteiger partial charge in [-0.05, 0) is 42.3 Å². The number of halogens is 2. The van der Waals surface area contributed by atoms with Crippen LogP contribution in [0.1, 0.15) is 16.8 Å². The third-order valence-electron chi connectivity index (χ3n) is 4.75. The monoisotopic (exact) mass is 401 g/mol. The summed E-state index contributed by atoms with van der Waals surface area (Å²) >= 11 is 0. The number of nitrogens with zero attached hydrogens (tertiary/aromatic N) is 2. The number of benzene rings is 2. The van der Waals surface area contributed by atoms with E-state index in [0.29, 0.717) is 17.5 Å². The first kappa shape index (κ1) is 19.3. The van der Waals surface area contributed by atoms with Crippen LogP contribution in [0.2, 0.25) is 0 Å². The summed E-state index contributed by atoms with van der Waals surface area (Å²) in [5.41, 5.74) is 2.86. The van der Waals surface area contributed by atoms with E-state index in [9.17, 15) is 8.78 Å². The van der Waals surface area contributed by atoms with Crippen LogP contribution in [0.25, 0.3) is 15.7 Å². The van der Waals surface area contributed by atoms with Crippen LogP contribution in [0.4, 0.5) is 14.5 Å². The molecule has 0 spiro atoms. The number of rotatable bonds is 6. The molecule has 1 N–H and O–H groups in total. The fourth-order valence-electron chi connectivity index (χ4n) is 3.30. The van der Waals surface area contributed by atoms with E-state index in [1.165, 1.54) is 18.2 Å². The Hall–Kier alpha value is -3.98. The number of hydrogen-bond acceptors (Lipinski definition) is 2. The smallest absolute Gasteiger partial charge is 0.225 e. The van der Waals surface area contributed by atoms with Crippen LogP contribution in [-0.4, -0.2) is 9.97 Å². The van der Waals surface area contributed by atoms with Gasteiger partial charge in [-0.2, -0.15) is 0 Å². The van der Waals surface area contributed by atoms with Gasteiger partial charge in [-0.25, -0.2) is 13.6 Å². The molecule has 6 heteroatoms. The Balaban J connectivity index is 1.76. The molecule has 2 heterocycles. The average Bonchev–Trinajstić information content (AvgIpc) is 3.21. The summed E-state index contributed by atoms with van der Waals surface area (Å²) in [6, 6.07) is 10.8. The van der Waals surface area contributed by atoms with E-state index in [4.69, 9.17) is 11.3 Å². The molecule has 148 valence electrons. The number of pyridine rings is 1. The summed E-state index contributed by atoms with van der Waals surface area (Å²) in [6.07, 6.45) is 6.36. The Bertz CT molecular complexity index is 1270. The zero-order valence-corrected chi connectivity index (χ0v) is 16.0. The predicted octanol–water partition coefficient (Wildman–Crippen LogP) is 6.50. The van der Waals surface area contributed by atoms with E-state index in [-0.39, 0.29) is 17.2 Å². The van der Waals surface area contributed by atoms with Crippen molar-refractivity contribution < 1.29 is 13.5 Å². The van der Waals surface area contributed by atoms with Crippen LogP contribution in [0.5, 0.6) is 11.5 Å². The first-order valence-corrected chi connectivity index (χ1v) is 9.27. The zero-order valence-electron chi connectivity index (χ0n) is 16.0. The fourth-order valence-corrected chi connectivity index (χ4v) is 3.30. The number of aromatic amines is 1. The molecule has 30 heavy (non-hydrogen) atoms. The van der Waals surface area contributed by atoms with Crippen molar-refractivity contribution in [3.8, 4) is 11.5 Å². The maximum atomic E-state index is 15.0. The second-order valence-electron chi connectivity index (χ2n) is 6.76. The van der Waals surface area contributed by atoms with Crippen LogP contribution in [0, 0.1) is 18.2 Å². The van der Waals surface area contributed by atoms with Gasteiger partial charge in [0.2, 0.25) is 5.69 Å². The number of hydrogen-bond donors (Lipinski definition) is 1. The molecule has 0 saturated carbocycles. The molecule has 4 nitrogen and oxygen atoms in total. The number of ether oxygens (including phenoxy) is 1. The summed E-state index contributed by atoms with van der Waals surface area (Å²) in [6.45, 7) is 10.8. The van der Waals surface area contributed by atoms with Crippen LogP contribution >= 0.6 is 0 Å². The second kappa shape index (κ2) is 8.18. The fraction of sp³-hybridized carbons (Fsp3) is 0.0833. The Morgan fingerprint density at radius 1 is 1.13 bits per heavy atom. The lowest BCUT2D eigenvalue weighted by atomic mass is 10.0. The van der Waals surface area contributed by atoms with Crippen molar-refractivity contribution in [2.45, 2.75) is 12.8 Å². The highest BCUT2D eigenvalue weighted by Gasteiger charge is 2.18. The van der Waals surface area contributed by atoms with E-state index in [1.807, 2.05) is 18.2 Å². The number of H-pyrrole nitrogens is 1. The molecule has 0 atom stereocenters. The lowest BCUT2D eigenvalue weighted by Gasteiger charge is -2.14. The van der Waals surface area contributed by atoms with Crippen molar-refractivity contribution in [3.05, 3.63) is 107 Å². The summed E-state index contributed by atoms with van der Waals surface area (Å²) in [7, 11) is 0. The molecule has 0 fully saturated rings. The zero-order chi connectivity index (χ0) is 21.1. The van der Waals surface area contributed by atoms with Gasteiger partial charge >= 0.3 is 0 Å². The normalized spacial score (nSPS) is 10.7. The van der Waals surface area contributed by atoms with Crippen molar-refractivity contribution in [2.75, 3.05) is 0 Å². The van der Waals surface area contributed by atoms with Crippen molar-refractivity contribution in [1.82, 2.24) is 9.97 Å². The molecule has 0 amide bonds. The van der Waals surface area contributed by atoms with Crippen molar-refractivity contribution in [2.24, 2.45) is 0 Å². The highest BCUT2D eigenvalue weighted by atomic mass is 19.1. The molecular weight excluding hydrogens is 384 g/mol. The van der Waals surface area contributed by atoms with Gasteiger partial charge in [0.05, 0.1) is 6.57 Å². The Morgan fingerprint density at radius 3 is 2.73 bits per heavy atom. The molecule has 4 rings (SSSR count). The standard InChI is InChI=1S/C24H17F2N3O/c1-3-4-15-5-6-16(29-14-15)11-19-18-9-10-28-22(18)13-21(26)24(19)30-17-7-8-20(25)23(12-17)27-2/h3,5-10,12-14,28H,1,4,11H2. The Morgan fingerprint density at radius 2 is 2.00 bits per heavy atom. The van der Waals surface area contributed by atoms with Crippen LogP contribution in [0.3, 0.4) is 0 Å². The molecule has 0 aliphatic rings. The summed E-state index contributed by atoms with van der Waals surface area (Å²) in [5.74, 6) is -0.992. The summed E-state index contributed by atoms with van der Waals surface area (Å²) in [4.78, 5) is 10.6. The summed E-state index contributed by atoms with van der Waals surface area (Å²) < 4.78 is 34.4. The molecule has 0 radical (unpaired) electrons.